The summed E-state index contributed by atoms with van der Waals surface area (Å²) in [5.41, 5.74) is 11.1. The number of benzene rings is 1. The van der Waals surface area contributed by atoms with Crippen LogP contribution in [0.5, 0.6) is 5.75 Å². The lowest BCUT2D eigenvalue weighted by Crippen LogP contribution is -2.22. The summed E-state index contributed by atoms with van der Waals surface area (Å²) in [6, 6.07) is 2.16. The van der Waals surface area contributed by atoms with Crippen molar-refractivity contribution in [2.75, 3.05) is 0 Å². The maximum Gasteiger partial charge on any atom is 0.123 e. The number of rotatable bonds is 0. The molecule has 18 heavy (non-hydrogen) atoms. The highest BCUT2D eigenvalue weighted by molar-refractivity contribution is 5.85. The Morgan fingerprint density at radius 2 is 1.78 bits per heavy atom. The van der Waals surface area contributed by atoms with E-state index in [-0.39, 0.29) is 18.4 Å². The monoisotopic (exact) mass is 267 g/mol. The molecule has 0 amide bonds. The Kier molecular flexibility index (Phi) is 3.61. The number of aromatic hydroxyl groups is 1. The number of hydrogen-bond donors (Lipinski definition) is 2. The molecule has 1 fully saturated rings. The van der Waals surface area contributed by atoms with Crippen LogP contribution in [0.4, 0.5) is 0 Å². The van der Waals surface area contributed by atoms with Crippen molar-refractivity contribution in [2.24, 2.45) is 11.7 Å². The van der Waals surface area contributed by atoms with E-state index in [1.807, 2.05) is 6.92 Å². The van der Waals surface area contributed by atoms with Crippen LogP contribution in [0.2, 0.25) is 0 Å². The summed E-state index contributed by atoms with van der Waals surface area (Å²) >= 11 is 0. The van der Waals surface area contributed by atoms with Crippen molar-refractivity contribution in [1.82, 2.24) is 0 Å². The van der Waals surface area contributed by atoms with Gasteiger partial charge in [-0.05, 0) is 55.2 Å². The second-order valence-corrected chi connectivity index (χ2v) is 5.77. The Balaban J connectivity index is 0.00000120. The quantitative estimate of drug-likeness (QED) is 0.753. The zero-order chi connectivity index (χ0) is 12.2. The van der Waals surface area contributed by atoms with Gasteiger partial charge in [-0.25, -0.2) is 0 Å². The van der Waals surface area contributed by atoms with Crippen molar-refractivity contribution in [1.29, 1.82) is 0 Å². The Bertz CT molecular complexity index is 472. The second-order valence-electron chi connectivity index (χ2n) is 5.77. The Morgan fingerprint density at radius 1 is 1.11 bits per heavy atom. The molecule has 2 nitrogen and oxygen atoms in total. The van der Waals surface area contributed by atoms with Crippen molar-refractivity contribution in [3.63, 3.8) is 0 Å². The van der Waals surface area contributed by atoms with Crippen molar-refractivity contribution >= 4 is 12.4 Å². The van der Waals surface area contributed by atoms with Crippen LogP contribution in [0.25, 0.3) is 0 Å². The van der Waals surface area contributed by atoms with Gasteiger partial charge in [-0.1, -0.05) is 18.9 Å². The normalized spacial score (nSPS) is 29.4. The number of aryl methyl sites for hydroxylation is 2. The van der Waals surface area contributed by atoms with Crippen LogP contribution in [0.1, 0.15) is 59.9 Å². The van der Waals surface area contributed by atoms with Crippen molar-refractivity contribution < 1.29 is 5.11 Å². The Hall–Kier alpha value is -0.730. The standard InChI is InChI=1S/C15H21NO.ClH/c1-8-7-9(2)15(17)13-12(8)10-5-3-4-6-11(10)14(13)16;/h7,10-11,14,17H,3-6,16H2,1-2H3;1H. The molecular formula is C15H22ClNO. The van der Waals surface area contributed by atoms with Gasteiger partial charge in [-0.15, -0.1) is 12.4 Å². The number of hydrogen-bond acceptors (Lipinski definition) is 2. The lowest BCUT2D eigenvalue weighted by atomic mass is 9.78. The van der Waals surface area contributed by atoms with E-state index in [0.29, 0.717) is 17.6 Å². The van der Waals surface area contributed by atoms with Gasteiger partial charge in [0.2, 0.25) is 0 Å². The maximum absolute atomic E-state index is 10.3. The second kappa shape index (κ2) is 4.75. The molecule has 0 radical (unpaired) electrons. The smallest absolute Gasteiger partial charge is 0.123 e. The van der Waals surface area contributed by atoms with E-state index in [1.165, 1.54) is 36.8 Å². The lowest BCUT2D eigenvalue weighted by Gasteiger charge is -2.28. The molecule has 0 saturated heterocycles. The fourth-order valence-electron chi connectivity index (χ4n) is 4.01. The van der Waals surface area contributed by atoms with E-state index in [1.54, 1.807) is 0 Å². The van der Waals surface area contributed by atoms with Crippen LogP contribution in [0.15, 0.2) is 6.07 Å². The molecule has 1 aromatic carbocycles. The summed E-state index contributed by atoms with van der Waals surface area (Å²) in [4.78, 5) is 0. The third-order valence-electron chi connectivity index (χ3n) is 4.76. The zero-order valence-corrected chi connectivity index (χ0v) is 11.9. The van der Waals surface area contributed by atoms with E-state index in [2.05, 4.69) is 13.0 Å². The number of nitrogens with two attached hydrogens (primary N) is 1. The van der Waals surface area contributed by atoms with E-state index < -0.39 is 0 Å². The van der Waals surface area contributed by atoms with Crippen LogP contribution < -0.4 is 5.73 Å². The van der Waals surface area contributed by atoms with Crippen LogP contribution in [-0.4, -0.2) is 5.11 Å². The molecule has 3 N–H and O–H groups in total. The Morgan fingerprint density at radius 3 is 2.50 bits per heavy atom. The number of phenolic OH excluding ortho intramolecular Hbond substituents is 1. The van der Waals surface area contributed by atoms with E-state index >= 15 is 0 Å². The van der Waals surface area contributed by atoms with E-state index in [0.717, 1.165) is 11.1 Å². The summed E-state index contributed by atoms with van der Waals surface area (Å²) in [5, 5.41) is 10.3. The van der Waals surface area contributed by atoms with Crippen molar-refractivity contribution in [3.05, 3.63) is 28.3 Å². The van der Waals surface area contributed by atoms with Gasteiger partial charge in [0.25, 0.3) is 0 Å². The predicted molar refractivity (Wildman–Crippen MR) is 76.5 cm³/mol. The van der Waals surface area contributed by atoms with Crippen molar-refractivity contribution in [3.8, 4) is 5.75 Å². The highest BCUT2D eigenvalue weighted by Gasteiger charge is 2.42. The Labute approximate surface area is 115 Å². The summed E-state index contributed by atoms with van der Waals surface area (Å²) in [5.74, 6) is 1.61. The lowest BCUT2D eigenvalue weighted by molar-refractivity contribution is 0.291. The molecule has 2 aliphatic carbocycles. The molecule has 0 spiro atoms. The summed E-state index contributed by atoms with van der Waals surface area (Å²) in [6.45, 7) is 4.13. The minimum atomic E-state index is 0. The van der Waals surface area contributed by atoms with Crippen LogP contribution >= 0.6 is 12.4 Å². The highest BCUT2D eigenvalue weighted by Crippen LogP contribution is 2.55. The van der Waals surface area contributed by atoms with E-state index in [9.17, 15) is 5.11 Å². The third-order valence-corrected chi connectivity index (χ3v) is 4.76. The van der Waals surface area contributed by atoms with Crippen molar-refractivity contribution in [2.45, 2.75) is 51.5 Å². The molecule has 100 valence electrons. The van der Waals surface area contributed by atoms with Gasteiger partial charge >= 0.3 is 0 Å². The van der Waals surface area contributed by atoms with Crippen LogP contribution in [0.3, 0.4) is 0 Å². The zero-order valence-electron chi connectivity index (χ0n) is 11.1. The van der Waals surface area contributed by atoms with Gasteiger partial charge < -0.3 is 10.8 Å². The molecule has 0 aromatic heterocycles. The summed E-state index contributed by atoms with van der Waals surface area (Å²) in [6.07, 6.45) is 5.07. The fraction of sp³-hybridized carbons (Fsp3) is 0.600. The molecule has 3 atom stereocenters. The first-order chi connectivity index (χ1) is 8.11. The minimum Gasteiger partial charge on any atom is -0.507 e. The van der Waals surface area contributed by atoms with Gasteiger partial charge in [0, 0.05) is 11.6 Å². The molecule has 0 bridgehead atoms. The van der Waals surface area contributed by atoms with Gasteiger partial charge in [0.1, 0.15) is 5.75 Å². The van der Waals surface area contributed by atoms with Gasteiger partial charge in [0.15, 0.2) is 0 Å². The third kappa shape index (κ3) is 1.74. The minimum absolute atomic E-state index is 0. The molecule has 2 aliphatic rings. The van der Waals surface area contributed by atoms with Crippen LogP contribution in [-0.2, 0) is 0 Å². The molecule has 3 unspecified atom stereocenters. The first-order valence-electron chi connectivity index (χ1n) is 6.69. The first-order valence-corrected chi connectivity index (χ1v) is 6.69. The number of halogens is 1. The average molecular weight is 268 g/mol. The van der Waals surface area contributed by atoms with Gasteiger partial charge in [-0.2, -0.15) is 0 Å². The largest absolute Gasteiger partial charge is 0.507 e. The number of fused-ring (bicyclic) bond motifs is 3. The summed E-state index contributed by atoms with van der Waals surface area (Å²) < 4.78 is 0. The molecule has 1 saturated carbocycles. The fourth-order valence-corrected chi connectivity index (χ4v) is 4.01. The molecule has 0 aliphatic heterocycles. The summed E-state index contributed by atoms with van der Waals surface area (Å²) in [7, 11) is 0. The molecule has 3 rings (SSSR count). The molecule has 3 heteroatoms. The molecule has 1 aromatic rings. The molecular weight excluding hydrogens is 246 g/mol. The average Bonchev–Trinajstić information content (AvgIpc) is 2.61. The predicted octanol–water partition coefficient (Wildman–Crippen LogP) is 3.72. The van der Waals surface area contributed by atoms with E-state index in [4.69, 9.17) is 5.73 Å². The molecule has 0 heterocycles. The van der Waals surface area contributed by atoms with Crippen LogP contribution in [0, 0.1) is 19.8 Å². The topological polar surface area (TPSA) is 46.2 Å². The maximum atomic E-state index is 10.3. The first kappa shape index (κ1) is 13.7. The highest BCUT2D eigenvalue weighted by atomic mass is 35.5. The number of phenols is 1. The SMILES string of the molecule is Cc1cc(C)c2c(c1O)C(N)C1CCCCC21.Cl. The van der Waals surface area contributed by atoms with Gasteiger partial charge in [0.05, 0.1) is 0 Å². The van der Waals surface area contributed by atoms with Gasteiger partial charge in [-0.3, -0.25) is 0 Å².